The van der Waals surface area contributed by atoms with Gasteiger partial charge in [-0.15, -0.1) is 0 Å². The van der Waals surface area contributed by atoms with Gasteiger partial charge in [-0.2, -0.15) is 0 Å². The largest absolute Gasteiger partial charge is 0.389 e. The van der Waals surface area contributed by atoms with E-state index < -0.39 is 6.10 Å². The van der Waals surface area contributed by atoms with Crippen LogP contribution in [0.2, 0.25) is 0 Å². The van der Waals surface area contributed by atoms with E-state index in [0.29, 0.717) is 12.8 Å². The van der Waals surface area contributed by atoms with Crippen molar-refractivity contribution in [3.8, 4) is 0 Å². The summed E-state index contributed by atoms with van der Waals surface area (Å²) in [7, 11) is 0. The highest BCUT2D eigenvalue weighted by Gasteiger charge is 2.01. The second kappa shape index (κ2) is 5.08. The van der Waals surface area contributed by atoms with E-state index >= 15 is 0 Å². The molecule has 2 nitrogen and oxygen atoms in total. The Hall–Kier alpha value is -0.630. The summed E-state index contributed by atoms with van der Waals surface area (Å²) in [4.78, 5) is 10.5. The van der Waals surface area contributed by atoms with Gasteiger partial charge in [-0.1, -0.05) is 11.6 Å². The molecule has 0 aliphatic carbocycles. The number of rotatable bonds is 4. The fraction of sp³-hybridized carbons (Fsp3) is 0.667. The molecule has 0 aromatic heterocycles. The smallest absolute Gasteiger partial charge is 0.129 e. The van der Waals surface area contributed by atoms with Gasteiger partial charge in [0.25, 0.3) is 0 Å². The van der Waals surface area contributed by atoms with Gasteiger partial charge in [-0.3, -0.25) is 0 Å². The maximum absolute atomic E-state index is 10.5. The monoisotopic (exact) mass is 156 g/mol. The van der Waals surface area contributed by atoms with Crippen molar-refractivity contribution in [2.45, 2.75) is 39.7 Å². The van der Waals surface area contributed by atoms with Gasteiger partial charge in [0.2, 0.25) is 0 Å². The van der Waals surface area contributed by atoms with Gasteiger partial charge in [-0.25, -0.2) is 0 Å². The van der Waals surface area contributed by atoms with Crippen LogP contribution in [0, 0.1) is 0 Å². The molecule has 0 bridgehead atoms. The Morgan fingerprint density at radius 1 is 1.45 bits per heavy atom. The molecule has 0 rings (SSSR count). The molecule has 11 heavy (non-hydrogen) atoms. The maximum atomic E-state index is 10.5. The van der Waals surface area contributed by atoms with Crippen LogP contribution in [0.4, 0.5) is 0 Å². The predicted molar refractivity (Wildman–Crippen MR) is 45.4 cm³/mol. The molecule has 0 radical (unpaired) electrons. The number of ketones is 1. The standard InChI is InChI=1S/C9H16O2/c1-7(2)6-9(11)5-4-8(3)10/h6,9,11H,4-5H2,1-3H3. The van der Waals surface area contributed by atoms with E-state index in [-0.39, 0.29) is 5.78 Å². The molecule has 0 saturated heterocycles. The van der Waals surface area contributed by atoms with Crippen molar-refractivity contribution >= 4 is 5.78 Å². The molecule has 0 aromatic carbocycles. The van der Waals surface area contributed by atoms with Crippen LogP contribution in [-0.4, -0.2) is 17.0 Å². The van der Waals surface area contributed by atoms with Crippen molar-refractivity contribution < 1.29 is 9.90 Å². The second-order valence-electron chi connectivity index (χ2n) is 3.05. The zero-order valence-electron chi connectivity index (χ0n) is 7.42. The molecule has 1 N–H and O–H groups in total. The van der Waals surface area contributed by atoms with E-state index in [4.69, 9.17) is 0 Å². The minimum Gasteiger partial charge on any atom is -0.389 e. The molecule has 0 saturated carbocycles. The second-order valence-corrected chi connectivity index (χ2v) is 3.05. The van der Waals surface area contributed by atoms with Crippen LogP contribution in [-0.2, 0) is 4.79 Å². The van der Waals surface area contributed by atoms with Gasteiger partial charge in [0, 0.05) is 6.42 Å². The predicted octanol–water partition coefficient (Wildman–Crippen LogP) is 1.68. The molecule has 0 amide bonds. The van der Waals surface area contributed by atoms with E-state index in [9.17, 15) is 9.90 Å². The van der Waals surface area contributed by atoms with E-state index in [1.807, 2.05) is 13.8 Å². The zero-order chi connectivity index (χ0) is 8.85. The Morgan fingerprint density at radius 2 is 2.00 bits per heavy atom. The Balaban J connectivity index is 3.61. The summed E-state index contributed by atoms with van der Waals surface area (Å²) in [6, 6.07) is 0. The zero-order valence-corrected chi connectivity index (χ0v) is 7.42. The van der Waals surface area contributed by atoms with Crippen molar-refractivity contribution in [1.82, 2.24) is 0 Å². The highest BCUT2D eigenvalue weighted by Crippen LogP contribution is 2.02. The van der Waals surface area contributed by atoms with Crippen LogP contribution in [0.5, 0.6) is 0 Å². The number of carbonyl (C=O) groups is 1. The average Bonchev–Trinajstić information content (AvgIpc) is 1.82. The molecule has 0 aromatic rings. The number of Topliss-reactive ketones (excluding diaryl/α,β-unsaturated/α-hetero) is 1. The Kier molecular flexibility index (Phi) is 4.79. The lowest BCUT2D eigenvalue weighted by Crippen LogP contribution is -2.05. The van der Waals surface area contributed by atoms with E-state index in [0.717, 1.165) is 5.57 Å². The fourth-order valence-corrected chi connectivity index (χ4v) is 0.819. The topological polar surface area (TPSA) is 37.3 Å². The highest BCUT2D eigenvalue weighted by atomic mass is 16.3. The number of allylic oxidation sites excluding steroid dienone is 1. The third kappa shape index (κ3) is 7.26. The van der Waals surface area contributed by atoms with Gasteiger partial charge in [-0.05, 0) is 27.2 Å². The summed E-state index contributed by atoms with van der Waals surface area (Å²) >= 11 is 0. The first kappa shape index (κ1) is 10.4. The van der Waals surface area contributed by atoms with Gasteiger partial charge in [0.1, 0.15) is 5.78 Å². The Labute approximate surface area is 67.9 Å². The average molecular weight is 156 g/mol. The number of hydrogen-bond acceptors (Lipinski definition) is 2. The molecule has 1 atom stereocenters. The molecule has 0 aliphatic heterocycles. The van der Waals surface area contributed by atoms with Crippen molar-refractivity contribution in [3.63, 3.8) is 0 Å². The molecule has 2 heteroatoms. The van der Waals surface area contributed by atoms with Gasteiger partial charge in [0.15, 0.2) is 0 Å². The first-order valence-electron chi connectivity index (χ1n) is 3.85. The van der Waals surface area contributed by atoms with E-state index in [1.165, 1.54) is 6.92 Å². The van der Waals surface area contributed by atoms with Gasteiger partial charge >= 0.3 is 0 Å². The van der Waals surface area contributed by atoms with E-state index in [1.54, 1.807) is 6.08 Å². The molecule has 0 heterocycles. The first-order chi connectivity index (χ1) is 5.02. The van der Waals surface area contributed by atoms with Crippen molar-refractivity contribution in [2.24, 2.45) is 0 Å². The normalized spacial score (nSPS) is 12.4. The summed E-state index contributed by atoms with van der Waals surface area (Å²) in [6.45, 7) is 5.39. The summed E-state index contributed by atoms with van der Waals surface area (Å²) < 4.78 is 0. The van der Waals surface area contributed by atoms with Crippen LogP contribution in [0.3, 0.4) is 0 Å². The third-order valence-electron chi connectivity index (χ3n) is 1.32. The van der Waals surface area contributed by atoms with Crippen molar-refractivity contribution in [3.05, 3.63) is 11.6 Å². The van der Waals surface area contributed by atoms with Crippen LogP contribution < -0.4 is 0 Å². The molecule has 0 aliphatic rings. The molecule has 0 spiro atoms. The van der Waals surface area contributed by atoms with Crippen molar-refractivity contribution in [1.29, 1.82) is 0 Å². The Bertz CT molecular complexity index is 155. The minimum atomic E-state index is -0.455. The lowest BCUT2D eigenvalue weighted by Gasteiger charge is -2.03. The molecular weight excluding hydrogens is 140 g/mol. The molecule has 64 valence electrons. The van der Waals surface area contributed by atoms with Gasteiger partial charge < -0.3 is 9.90 Å². The summed E-state index contributed by atoms with van der Waals surface area (Å²) in [5.41, 5.74) is 1.08. The Morgan fingerprint density at radius 3 is 2.36 bits per heavy atom. The maximum Gasteiger partial charge on any atom is 0.129 e. The fourth-order valence-electron chi connectivity index (χ4n) is 0.819. The van der Waals surface area contributed by atoms with Crippen LogP contribution in [0.25, 0.3) is 0 Å². The third-order valence-corrected chi connectivity index (χ3v) is 1.32. The van der Waals surface area contributed by atoms with Crippen LogP contribution in [0.1, 0.15) is 33.6 Å². The summed E-state index contributed by atoms with van der Waals surface area (Å²) in [5.74, 6) is 0.131. The number of aliphatic hydroxyl groups excluding tert-OH is 1. The summed E-state index contributed by atoms with van der Waals surface area (Å²) in [5, 5.41) is 9.24. The molecule has 1 unspecified atom stereocenters. The lowest BCUT2D eigenvalue weighted by atomic mass is 10.1. The minimum absolute atomic E-state index is 0.131. The summed E-state index contributed by atoms with van der Waals surface area (Å²) in [6.07, 6.45) is 2.32. The first-order valence-corrected chi connectivity index (χ1v) is 3.85. The van der Waals surface area contributed by atoms with Crippen molar-refractivity contribution in [2.75, 3.05) is 0 Å². The quantitative estimate of drug-likeness (QED) is 0.629. The number of hydrogen-bond donors (Lipinski definition) is 1. The molecule has 0 fully saturated rings. The van der Waals surface area contributed by atoms with Crippen LogP contribution in [0.15, 0.2) is 11.6 Å². The SMILES string of the molecule is CC(=O)CCC(O)C=C(C)C. The lowest BCUT2D eigenvalue weighted by molar-refractivity contribution is -0.117. The number of aliphatic hydroxyl groups is 1. The number of carbonyl (C=O) groups excluding carboxylic acids is 1. The molecular formula is C9H16O2. The van der Waals surface area contributed by atoms with Crippen LogP contribution >= 0.6 is 0 Å². The van der Waals surface area contributed by atoms with Gasteiger partial charge in [0.05, 0.1) is 6.10 Å². The highest BCUT2D eigenvalue weighted by molar-refractivity contribution is 5.75. The van der Waals surface area contributed by atoms with E-state index in [2.05, 4.69) is 0 Å².